The van der Waals surface area contributed by atoms with E-state index in [1.54, 1.807) is 24.5 Å². The number of hydrogen-bond acceptors (Lipinski definition) is 4. The molecule has 6 heteroatoms. The molecule has 2 amide bonds. The standard InChI is InChI=1S/C28H24N4O2/c1-19-13-14-21(20-8-3-2-4-9-20)16-24(19)30-28(34)32-26(23-11-5-6-12-27(23)33)17-25(31-32)22-10-7-15-29-18-22/h2-16,18,26,33H,17H2,1H3,(H,30,34). The first-order chi connectivity index (χ1) is 16.6. The first-order valence-corrected chi connectivity index (χ1v) is 11.1. The molecule has 2 N–H and O–H groups in total. The third kappa shape index (κ3) is 4.26. The molecule has 4 aromatic rings. The number of anilines is 1. The van der Waals surface area contributed by atoms with Crippen molar-refractivity contribution in [2.24, 2.45) is 5.10 Å². The number of aromatic hydroxyl groups is 1. The zero-order chi connectivity index (χ0) is 23.5. The topological polar surface area (TPSA) is 77.8 Å². The Morgan fingerprint density at radius 1 is 0.941 bits per heavy atom. The lowest BCUT2D eigenvalue weighted by atomic mass is 9.98. The largest absolute Gasteiger partial charge is 0.508 e. The maximum Gasteiger partial charge on any atom is 0.342 e. The predicted octanol–water partition coefficient (Wildman–Crippen LogP) is 6.15. The molecule has 5 rings (SSSR count). The Morgan fingerprint density at radius 2 is 1.71 bits per heavy atom. The van der Waals surface area contributed by atoms with Crippen LogP contribution in [0.3, 0.4) is 0 Å². The Kier molecular flexibility index (Phi) is 5.79. The normalized spacial score (nSPS) is 15.1. The number of amides is 2. The molecule has 34 heavy (non-hydrogen) atoms. The lowest BCUT2D eigenvalue weighted by Gasteiger charge is -2.23. The molecule has 0 radical (unpaired) electrons. The highest BCUT2D eigenvalue weighted by Crippen LogP contribution is 2.37. The van der Waals surface area contributed by atoms with E-state index in [1.807, 2.05) is 79.7 Å². The van der Waals surface area contributed by atoms with Gasteiger partial charge in [-0.2, -0.15) is 5.10 Å². The monoisotopic (exact) mass is 448 g/mol. The van der Waals surface area contributed by atoms with Crippen molar-refractivity contribution in [3.05, 3.63) is 114 Å². The SMILES string of the molecule is Cc1ccc(-c2ccccc2)cc1NC(=O)N1N=C(c2cccnc2)CC1c1ccccc1O. The fourth-order valence-electron chi connectivity index (χ4n) is 4.16. The molecule has 1 aliphatic heterocycles. The molecule has 0 bridgehead atoms. The van der Waals surface area contributed by atoms with Crippen LogP contribution in [0, 0.1) is 6.92 Å². The van der Waals surface area contributed by atoms with Crippen LogP contribution < -0.4 is 5.32 Å². The quantitative estimate of drug-likeness (QED) is 0.393. The van der Waals surface area contributed by atoms with E-state index >= 15 is 0 Å². The van der Waals surface area contributed by atoms with Crippen molar-refractivity contribution in [1.82, 2.24) is 9.99 Å². The van der Waals surface area contributed by atoms with Gasteiger partial charge in [-0.3, -0.25) is 4.98 Å². The number of carbonyl (C=O) groups excluding carboxylic acids is 1. The highest BCUT2D eigenvalue weighted by atomic mass is 16.3. The first-order valence-electron chi connectivity index (χ1n) is 11.1. The fraction of sp³-hybridized carbons (Fsp3) is 0.107. The van der Waals surface area contributed by atoms with Gasteiger partial charge < -0.3 is 10.4 Å². The Bertz CT molecular complexity index is 1350. The number of carbonyl (C=O) groups is 1. The van der Waals surface area contributed by atoms with Gasteiger partial charge in [0.05, 0.1) is 11.8 Å². The summed E-state index contributed by atoms with van der Waals surface area (Å²) in [4.78, 5) is 17.7. The van der Waals surface area contributed by atoms with Crippen LogP contribution in [0.15, 0.2) is 102 Å². The van der Waals surface area contributed by atoms with E-state index in [4.69, 9.17) is 0 Å². The van der Waals surface area contributed by atoms with Crippen molar-refractivity contribution < 1.29 is 9.90 Å². The molecule has 3 aromatic carbocycles. The molecule has 0 aliphatic carbocycles. The van der Waals surface area contributed by atoms with Gasteiger partial charge in [0.1, 0.15) is 5.75 Å². The second-order valence-corrected chi connectivity index (χ2v) is 8.24. The van der Waals surface area contributed by atoms with Crippen molar-refractivity contribution in [2.75, 3.05) is 5.32 Å². The molecule has 0 saturated heterocycles. The Hall–Kier alpha value is -4.45. The smallest absolute Gasteiger partial charge is 0.342 e. The van der Waals surface area contributed by atoms with Gasteiger partial charge in [-0.15, -0.1) is 0 Å². The number of aryl methyl sites for hydroxylation is 1. The molecule has 1 aliphatic rings. The number of hydrazone groups is 1. The lowest BCUT2D eigenvalue weighted by Crippen LogP contribution is -2.31. The fourth-order valence-corrected chi connectivity index (χ4v) is 4.16. The third-order valence-electron chi connectivity index (χ3n) is 6.00. The molecular weight excluding hydrogens is 424 g/mol. The summed E-state index contributed by atoms with van der Waals surface area (Å²) in [5.41, 5.74) is 5.99. The molecule has 2 heterocycles. The number of benzene rings is 3. The summed E-state index contributed by atoms with van der Waals surface area (Å²) < 4.78 is 0. The molecule has 0 saturated carbocycles. The van der Waals surface area contributed by atoms with Crippen molar-refractivity contribution in [2.45, 2.75) is 19.4 Å². The van der Waals surface area contributed by atoms with E-state index in [0.29, 0.717) is 17.7 Å². The summed E-state index contributed by atoms with van der Waals surface area (Å²) >= 11 is 0. The van der Waals surface area contributed by atoms with Crippen LogP contribution in [-0.2, 0) is 0 Å². The summed E-state index contributed by atoms with van der Waals surface area (Å²) in [6.45, 7) is 1.96. The summed E-state index contributed by atoms with van der Waals surface area (Å²) in [6, 6.07) is 26.1. The van der Waals surface area contributed by atoms with E-state index in [2.05, 4.69) is 15.4 Å². The Morgan fingerprint density at radius 3 is 2.47 bits per heavy atom. The van der Waals surface area contributed by atoms with Gasteiger partial charge in [-0.1, -0.05) is 66.7 Å². The van der Waals surface area contributed by atoms with Gasteiger partial charge in [0.15, 0.2) is 0 Å². The maximum absolute atomic E-state index is 13.5. The van der Waals surface area contributed by atoms with Crippen LogP contribution in [0.25, 0.3) is 11.1 Å². The predicted molar refractivity (Wildman–Crippen MR) is 134 cm³/mol. The van der Waals surface area contributed by atoms with Crippen LogP contribution in [-0.4, -0.2) is 26.8 Å². The van der Waals surface area contributed by atoms with Crippen LogP contribution in [0.4, 0.5) is 10.5 Å². The number of pyridine rings is 1. The minimum Gasteiger partial charge on any atom is -0.508 e. The Labute approximate surface area is 198 Å². The Balaban J connectivity index is 1.48. The van der Waals surface area contributed by atoms with Crippen LogP contribution in [0.5, 0.6) is 5.75 Å². The van der Waals surface area contributed by atoms with Crippen molar-refractivity contribution in [3.8, 4) is 16.9 Å². The van der Waals surface area contributed by atoms with Gasteiger partial charge >= 0.3 is 6.03 Å². The molecule has 168 valence electrons. The third-order valence-corrected chi connectivity index (χ3v) is 6.00. The summed E-state index contributed by atoms with van der Waals surface area (Å²) in [6.07, 6.45) is 3.90. The minimum absolute atomic E-state index is 0.134. The van der Waals surface area contributed by atoms with E-state index in [0.717, 1.165) is 28.0 Å². The number of phenolic OH excluding ortho intramolecular Hbond substituents is 1. The van der Waals surface area contributed by atoms with Gasteiger partial charge in [0.25, 0.3) is 0 Å². The summed E-state index contributed by atoms with van der Waals surface area (Å²) in [5.74, 6) is 0.134. The number of phenols is 1. The van der Waals surface area contributed by atoms with Crippen molar-refractivity contribution in [3.63, 3.8) is 0 Å². The second kappa shape index (κ2) is 9.19. The maximum atomic E-state index is 13.5. The number of aromatic nitrogens is 1. The number of para-hydroxylation sites is 1. The van der Waals surface area contributed by atoms with E-state index in [1.165, 1.54) is 5.01 Å². The number of nitrogens with zero attached hydrogens (tertiary/aromatic N) is 3. The zero-order valence-electron chi connectivity index (χ0n) is 18.7. The molecule has 1 aromatic heterocycles. The van der Waals surface area contributed by atoms with Gasteiger partial charge in [-0.25, -0.2) is 9.80 Å². The van der Waals surface area contributed by atoms with Crippen LogP contribution in [0.2, 0.25) is 0 Å². The van der Waals surface area contributed by atoms with E-state index < -0.39 is 6.04 Å². The molecule has 6 nitrogen and oxygen atoms in total. The lowest BCUT2D eigenvalue weighted by molar-refractivity contribution is 0.199. The van der Waals surface area contributed by atoms with Crippen LogP contribution in [0.1, 0.15) is 29.2 Å². The summed E-state index contributed by atoms with van der Waals surface area (Å²) in [5, 5.41) is 19.6. The molecule has 0 fully saturated rings. The number of hydrogen-bond donors (Lipinski definition) is 2. The van der Waals surface area contributed by atoms with Gasteiger partial charge in [-0.05, 0) is 41.8 Å². The van der Waals surface area contributed by atoms with E-state index in [9.17, 15) is 9.90 Å². The zero-order valence-corrected chi connectivity index (χ0v) is 18.7. The molecule has 1 unspecified atom stereocenters. The molecular formula is C28H24N4O2. The average molecular weight is 449 g/mol. The highest BCUT2D eigenvalue weighted by Gasteiger charge is 2.35. The van der Waals surface area contributed by atoms with Gasteiger partial charge in [0.2, 0.25) is 0 Å². The second-order valence-electron chi connectivity index (χ2n) is 8.24. The number of nitrogens with one attached hydrogen (secondary N) is 1. The van der Waals surface area contributed by atoms with Gasteiger partial charge in [0, 0.05) is 35.6 Å². The number of urea groups is 1. The number of rotatable bonds is 4. The van der Waals surface area contributed by atoms with Crippen molar-refractivity contribution >= 4 is 17.4 Å². The summed E-state index contributed by atoms with van der Waals surface area (Å²) in [7, 11) is 0. The van der Waals surface area contributed by atoms with Crippen molar-refractivity contribution in [1.29, 1.82) is 0 Å². The minimum atomic E-state index is -0.436. The molecule has 0 spiro atoms. The highest BCUT2D eigenvalue weighted by molar-refractivity contribution is 6.04. The van der Waals surface area contributed by atoms with Crippen LogP contribution >= 0.6 is 0 Å². The molecule has 1 atom stereocenters. The van der Waals surface area contributed by atoms with E-state index in [-0.39, 0.29) is 11.8 Å². The average Bonchev–Trinajstić information content (AvgIpc) is 3.32. The first kappa shape index (κ1) is 21.4.